The Kier molecular flexibility index (Phi) is 4.50. The molecule has 0 spiro atoms. The van der Waals surface area contributed by atoms with Crippen molar-refractivity contribution < 1.29 is 14.7 Å². The minimum Gasteiger partial charge on any atom is -0.478 e. The van der Waals surface area contributed by atoms with E-state index >= 15 is 0 Å². The third-order valence-corrected chi connectivity index (χ3v) is 2.97. The number of hydrogen-bond donors (Lipinski definition) is 3. The number of rotatable bonds is 6. The molecule has 4 N–H and O–H groups in total. The Morgan fingerprint density at radius 3 is 2.48 bits per heavy atom. The van der Waals surface area contributed by atoms with E-state index in [1.54, 1.807) is 36.4 Å². The number of benzene rings is 1. The predicted octanol–water partition coefficient (Wildman–Crippen LogP) is 1.53. The van der Waals surface area contributed by atoms with Crippen molar-refractivity contribution in [1.29, 1.82) is 0 Å². The van der Waals surface area contributed by atoms with Gasteiger partial charge >= 0.3 is 5.97 Å². The third kappa shape index (κ3) is 4.04. The van der Waals surface area contributed by atoms with Crippen molar-refractivity contribution in [1.82, 2.24) is 4.98 Å². The molecule has 0 radical (unpaired) electrons. The Morgan fingerprint density at radius 1 is 1.14 bits per heavy atom. The fourth-order valence-electron chi connectivity index (χ4n) is 1.83. The third-order valence-electron chi connectivity index (χ3n) is 2.97. The van der Waals surface area contributed by atoms with E-state index in [-0.39, 0.29) is 5.56 Å². The molecule has 6 heteroatoms. The fraction of sp³-hybridized carbons (Fsp3) is 0.133. The lowest BCUT2D eigenvalue weighted by atomic mass is 10.1. The van der Waals surface area contributed by atoms with Crippen LogP contribution in [0.3, 0.4) is 0 Å². The molecule has 0 bridgehead atoms. The van der Waals surface area contributed by atoms with Gasteiger partial charge in [-0.1, -0.05) is 12.1 Å². The molecule has 1 heterocycles. The predicted molar refractivity (Wildman–Crippen MR) is 78.3 cm³/mol. The number of hydrogen-bond acceptors (Lipinski definition) is 4. The second-order valence-corrected chi connectivity index (χ2v) is 4.47. The second-order valence-electron chi connectivity index (χ2n) is 4.47. The van der Waals surface area contributed by atoms with Gasteiger partial charge in [0.2, 0.25) is 5.91 Å². The summed E-state index contributed by atoms with van der Waals surface area (Å²) in [5, 5.41) is 11.9. The lowest BCUT2D eigenvalue weighted by Crippen LogP contribution is -2.12. The second kappa shape index (κ2) is 6.51. The first kappa shape index (κ1) is 14.5. The molecule has 0 saturated heterocycles. The molecule has 2 rings (SSSR count). The molecule has 2 aromatic rings. The van der Waals surface area contributed by atoms with Crippen LogP contribution in [-0.2, 0) is 6.42 Å². The first-order valence-corrected chi connectivity index (χ1v) is 6.38. The molecule has 1 aromatic carbocycles. The fourth-order valence-corrected chi connectivity index (χ4v) is 1.83. The van der Waals surface area contributed by atoms with Crippen molar-refractivity contribution in [3.8, 4) is 0 Å². The van der Waals surface area contributed by atoms with Crippen LogP contribution in [0.25, 0.3) is 0 Å². The lowest BCUT2D eigenvalue weighted by molar-refractivity contribution is 0.0696. The van der Waals surface area contributed by atoms with Gasteiger partial charge < -0.3 is 16.2 Å². The number of pyridine rings is 1. The molecule has 21 heavy (non-hydrogen) atoms. The molecule has 108 valence electrons. The van der Waals surface area contributed by atoms with Crippen molar-refractivity contribution in [3.05, 3.63) is 59.3 Å². The summed E-state index contributed by atoms with van der Waals surface area (Å²) in [5.74, 6) is -0.856. The molecule has 0 atom stereocenters. The molecule has 0 aliphatic rings. The van der Waals surface area contributed by atoms with Gasteiger partial charge in [-0.2, -0.15) is 0 Å². The van der Waals surface area contributed by atoms with Crippen LogP contribution in [0.2, 0.25) is 0 Å². The van der Waals surface area contributed by atoms with Gasteiger partial charge in [0.05, 0.1) is 5.56 Å². The van der Waals surface area contributed by atoms with Gasteiger partial charge in [0, 0.05) is 18.3 Å². The Balaban J connectivity index is 1.90. The van der Waals surface area contributed by atoms with E-state index in [2.05, 4.69) is 10.3 Å². The maximum Gasteiger partial charge on any atom is 0.335 e. The number of nitrogens with one attached hydrogen (secondary N) is 1. The first-order chi connectivity index (χ1) is 10.1. The van der Waals surface area contributed by atoms with E-state index in [1.807, 2.05) is 0 Å². The number of amides is 1. The number of nitrogens with zero attached hydrogens (tertiary/aromatic N) is 1. The van der Waals surface area contributed by atoms with E-state index in [1.165, 1.54) is 6.20 Å². The van der Waals surface area contributed by atoms with Crippen LogP contribution in [0, 0.1) is 0 Å². The monoisotopic (exact) mass is 285 g/mol. The minimum absolute atomic E-state index is 0.266. The summed E-state index contributed by atoms with van der Waals surface area (Å²) >= 11 is 0. The molecule has 1 amide bonds. The van der Waals surface area contributed by atoms with Crippen LogP contribution < -0.4 is 11.1 Å². The molecule has 0 saturated carbocycles. The number of anilines is 1. The molecular weight excluding hydrogens is 270 g/mol. The van der Waals surface area contributed by atoms with E-state index in [4.69, 9.17) is 10.8 Å². The first-order valence-electron chi connectivity index (χ1n) is 6.38. The van der Waals surface area contributed by atoms with Gasteiger partial charge in [-0.25, -0.2) is 9.78 Å². The maximum absolute atomic E-state index is 11.1. The highest BCUT2D eigenvalue weighted by Gasteiger charge is 2.03. The quantitative estimate of drug-likeness (QED) is 0.746. The number of primary amides is 1. The van der Waals surface area contributed by atoms with Crippen molar-refractivity contribution in [2.45, 2.75) is 6.42 Å². The van der Waals surface area contributed by atoms with Gasteiger partial charge in [-0.3, -0.25) is 4.79 Å². The highest BCUT2D eigenvalue weighted by atomic mass is 16.4. The molecule has 0 fully saturated rings. The van der Waals surface area contributed by atoms with Gasteiger partial charge in [0.1, 0.15) is 5.82 Å². The minimum atomic E-state index is -0.938. The van der Waals surface area contributed by atoms with Crippen molar-refractivity contribution in [2.75, 3.05) is 11.9 Å². The van der Waals surface area contributed by atoms with Crippen molar-refractivity contribution in [3.63, 3.8) is 0 Å². The summed E-state index contributed by atoms with van der Waals surface area (Å²) in [5.41, 5.74) is 6.88. The van der Waals surface area contributed by atoms with Crippen LogP contribution in [0.15, 0.2) is 42.6 Å². The van der Waals surface area contributed by atoms with E-state index < -0.39 is 11.9 Å². The Labute approximate surface area is 121 Å². The summed E-state index contributed by atoms with van der Waals surface area (Å²) in [7, 11) is 0. The summed E-state index contributed by atoms with van der Waals surface area (Å²) in [4.78, 5) is 25.9. The Bertz CT molecular complexity index is 653. The molecule has 0 aliphatic carbocycles. The SMILES string of the molecule is NC(=O)c1ccnc(NCCc2ccc(C(=O)O)cc2)c1. The van der Waals surface area contributed by atoms with Crippen LogP contribution in [0.1, 0.15) is 26.3 Å². The van der Waals surface area contributed by atoms with Crippen molar-refractivity contribution >= 4 is 17.7 Å². The Morgan fingerprint density at radius 2 is 1.86 bits per heavy atom. The van der Waals surface area contributed by atoms with Gasteiger partial charge in [-0.05, 0) is 36.2 Å². The number of carboxylic acids is 1. The molecule has 0 aliphatic heterocycles. The standard InChI is InChI=1S/C15H15N3O3/c16-14(19)12-6-8-18-13(9-12)17-7-5-10-1-3-11(4-2-10)15(20)21/h1-4,6,8-9H,5,7H2,(H2,16,19)(H,17,18)(H,20,21). The lowest BCUT2D eigenvalue weighted by Gasteiger charge is -2.06. The molecular formula is C15H15N3O3. The molecule has 6 nitrogen and oxygen atoms in total. The average molecular weight is 285 g/mol. The number of carbonyl (C=O) groups is 2. The van der Waals surface area contributed by atoms with Crippen LogP contribution in [-0.4, -0.2) is 28.5 Å². The summed E-state index contributed by atoms with van der Waals surface area (Å²) in [6.07, 6.45) is 2.23. The average Bonchev–Trinajstić information content (AvgIpc) is 2.48. The van der Waals surface area contributed by atoms with Crippen LogP contribution in [0.5, 0.6) is 0 Å². The number of aromatic carboxylic acids is 1. The molecule has 1 aromatic heterocycles. The van der Waals surface area contributed by atoms with Crippen LogP contribution >= 0.6 is 0 Å². The smallest absolute Gasteiger partial charge is 0.335 e. The zero-order chi connectivity index (χ0) is 15.2. The van der Waals surface area contributed by atoms with E-state index in [0.29, 0.717) is 24.3 Å². The number of carbonyl (C=O) groups excluding carboxylic acids is 1. The van der Waals surface area contributed by atoms with Gasteiger partial charge in [-0.15, -0.1) is 0 Å². The topological polar surface area (TPSA) is 105 Å². The zero-order valence-electron chi connectivity index (χ0n) is 11.2. The molecule has 0 unspecified atom stereocenters. The summed E-state index contributed by atoms with van der Waals surface area (Å²) < 4.78 is 0. The van der Waals surface area contributed by atoms with Gasteiger partial charge in [0.15, 0.2) is 0 Å². The number of carboxylic acid groups (broad SMARTS) is 1. The summed E-state index contributed by atoms with van der Waals surface area (Å²) in [6.45, 7) is 0.613. The highest BCUT2D eigenvalue weighted by molar-refractivity contribution is 5.93. The highest BCUT2D eigenvalue weighted by Crippen LogP contribution is 2.08. The van der Waals surface area contributed by atoms with E-state index in [9.17, 15) is 9.59 Å². The van der Waals surface area contributed by atoms with E-state index in [0.717, 1.165) is 5.56 Å². The maximum atomic E-state index is 11.1. The Hall–Kier alpha value is -2.89. The number of nitrogens with two attached hydrogens (primary N) is 1. The van der Waals surface area contributed by atoms with Gasteiger partial charge in [0.25, 0.3) is 0 Å². The normalized spacial score (nSPS) is 10.1. The van der Waals surface area contributed by atoms with Crippen molar-refractivity contribution in [2.24, 2.45) is 5.73 Å². The number of aromatic nitrogens is 1. The zero-order valence-corrected chi connectivity index (χ0v) is 11.2. The summed E-state index contributed by atoms with van der Waals surface area (Å²) in [6, 6.07) is 9.85. The van der Waals surface area contributed by atoms with Crippen LogP contribution in [0.4, 0.5) is 5.82 Å². The largest absolute Gasteiger partial charge is 0.478 e.